The summed E-state index contributed by atoms with van der Waals surface area (Å²) in [5.41, 5.74) is 1.46. The van der Waals surface area contributed by atoms with E-state index in [0.29, 0.717) is 18.6 Å². The van der Waals surface area contributed by atoms with Crippen molar-refractivity contribution in [3.63, 3.8) is 0 Å². The monoisotopic (exact) mass is 357 g/mol. The van der Waals surface area contributed by atoms with Gasteiger partial charge in [-0.05, 0) is 30.0 Å². The van der Waals surface area contributed by atoms with Crippen molar-refractivity contribution < 1.29 is 24.2 Å². The van der Waals surface area contributed by atoms with Crippen LogP contribution in [0.1, 0.15) is 41.6 Å². The molecule has 2 aromatic rings. The highest BCUT2D eigenvalue weighted by Crippen LogP contribution is 2.37. The van der Waals surface area contributed by atoms with Crippen LogP contribution in [0.15, 0.2) is 42.5 Å². The molecular formula is C20H23NO5. The SMILES string of the molecule is COc1cc(C(=O)O)cc(NC(=O)CCC(C)c2ccccc2)c1OC. The molecule has 0 radical (unpaired) electrons. The molecule has 138 valence electrons. The van der Waals surface area contributed by atoms with Gasteiger partial charge in [-0.15, -0.1) is 0 Å². The molecule has 2 aromatic carbocycles. The number of carboxylic acid groups (broad SMARTS) is 1. The molecule has 6 nitrogen and oxygen atoms in total. The van der Waals surface area contributed by atoms with Crippen molar-refractivity contribution in [1.29, 1.82) is 0 Å². The van der Waals surface area contributed by atoms with E-state index in [-0.39, 0.29) is 28.8 Å². The van der Waals surface area contributed by atoms with E-state index in [4.69, 9.17) is 9.47 Å². The maximum atomic E-state index is 12.3. The first-order chi connectivity index (χ1) is 12.5. The van der Waals surface area contributed by atoms with Crippen molar-refractivity contribution in [2.24, 2.45) is 0 Å². The summed E-state index contributed by atoms with van der Waals surface area (Å²) < 4.78 is 10.4. The maximum absolute atomic E-state index is 12.3. The first-order valence-corrected chi connectivity index (χ1v) is 8.30. The second kappa shape index (κ2) is 8.89. The van der Waals surface area contributed by atoms with Gasteiger partial charge in [-0.25, -0.2) is 4.79 Å². The highest BCUT2D eigenvalue weighted by molar-refractivity contribution is 5.96. The molecule has 2 rings (SSSR count). The largest absolute Gasteiger partial charge is 0.493 e. The van der Waals surface area contributed by atoms with Crippen LogP contribution in [0.2, 0.25) is 0 Å². The van der Waals surface area contributed by atoms with E-state index in [1.807, 2.05) is 30.3 Å². The molecule has 0 saturated heterocycles. The smallest absolute Gasteiger partial charge is 0.335 e. The van der Waals surface area contributed by atoms with Gasteiger partial charge in [-0.2, -0.15) is 0 Å². The topological polar surface area (TPSA) is 84.9 Å². The summed E-state index contributed by atoms with van der Waals surface area (Å²) in [6, 6.07) is 12.7. The Bertz CT molecular complexity index is 773. The molecule has 1 unspecified atom stereocenters. The number of methoxy groups -OCH3 is 2. The van der Waals surface area contributed by atoms with Gasteiger partial charge in [0.1, 0.15) is 0 Å². The highest BCUT2D eigenvalue weighted by atomic mass is 16.5. The van der Waals surface area contributed by atoms with Crippen molar-refractivity contribution >= 4 is 17.6 Å². The number of carboxylic acids is 1. The molecule has 0 aliphatic heterocycles. The quantitative estimate of drug-likeness (QED) is 0.748. The Morgan fingerprint density at radius 1 is 1.12 bits per heavy atom. The van der Waals surface area contributed by atoms with Crippen LogP contribution >= 0.6 is 0 Å². The third-order valence-electron chi connectivity index (χ3n) is 4.17. The second-order valence-electron chi connectivity index (χ2n) is 5.96. The molecular weight excluding hydrogens is 334 g/mol. The van der Waals surface area contributed by atoms with Gasteiger partial charge >= 0.3 is 5.97 Å². The predicted molar refractivity (Wildman–Crippen MR) is 99.2 cm³/mol. The lowest BCUT2D eigenvalue weighted by Gasteiger charge is -2.16. The molecule has 0 aliphatic rings. The number of amides is 1. The van der Waals surface area contributed by atoms with Crippen molar-refractivity contribution in [2.45, 2.75) is 25.7 Å². The van der Waals surface area contributed by atoms with Crippen LogP contribution in [0, 0.1) is 0 Å². The van der Waals surface area contributed by atoms with E-state index in [1.54, 1.807) is 0 Å². The zero-order valence-corrected chi connectivity index (χ0v) is 15.1. The van der Waals surface area contributed by atoms with E-state index >= 15 is 0 Å². The minimum Gasteiger partial charge on any atom is -0.493 e. The fourth-order valence-electron chi connectivity index (χ4n) is 2.69. The molecule has 0 fully saturated rings. The van der Waals surface area contributed by atoms with Gasteiger partial charge in [0.25, 0.3) is 0 Å². The van der Waals surface area contributed by atoms with Crippen molar-refractivity contribution in [1.82, 2.24) is 0 Å². The molecule has 0 aromatic heterocycles. The minimum atomic E-state index is -1.11. The number of nitrogens with one attached hydrogen (secondary N) is 1. The molecule has 2 N–H and O–H groups in total. The van der Waals surface area contributed by atoms with Gasteiger partial charge in [-0.1, -0.05) is 37.3 Å². The highest BCUT2D eigenvalue weighted by Gasteiger charge is 2.18. The third-order valence-corrected chi connectivity index (χ3v) is 4.17. The Morgan fingerprint density at radius 2 is 1.81 bits per heavy atom. The first kappa shape index (κ1) is 19.3. The summed E-state index contributed by atoms with van der Waals surface area (Å²) in [5, 5.41) is 12.0. The predicted octanol–water partition coefficient (Wildman–Crippen LogP) is 3.92. The lowest BCUT2D eigenvalue weighted by molar-refractivity contribution is -0.116. The summed E-state index contributed by atoms with van der Waals surface area (Å²) in [6.07, 6.45) is 0.979. The molecule has 26 heavy (non-hydrogen) atoms. The lowest BCUT2D eigenvalue weighted by Crippen LogP contribution is -2.14. The van der Waals surface area contributed by atoms with Crippen molar-refractivity contribution in [3.05, 3.63) is 53.6 Å². The van der Waals surface area contributed by atoms with Gasteiger partial charge in [0.2, 0.25) is 5.91 Å². The van der Waals surface area contributed by atoms with Crippen LogP contribution in [0.5, 0.6) is 11.5 Å². The number of rotatable bonds is 8. The van der Waals surface area contributed by atoms with Crippen LogP contribution in [-0.4, -0.2) is 31.2 Å². The van der Waals surface area contributed by atoms with Crippen LogP contribution in [0.4, 0.5) is 5.69 Å². The van der Waals surface area contributed by atoms with Gasteiger partial charge < -0.3 is 19.9 Å². The van der Waals surface area contributed by atoms with Crippen LogP contribution in [0.25, 0.3) is 0 Å². The Balaban J connectivity index is 2.10. The summed E-state index contributed by atoms with van der Waals surface area (Å²) in [4.78, 5) is 23.6. The Kier molecular flexibility index (Phi) is 6.60. The standard InChI is InChI=1S/C20H23NO5/c1-13(14-7-5-4-6-8-14)9-10-18(22)21-16-11-15(20(23)24)12-17(25-2)19(16)26-3/h4-8,11-13H,9-10H2,1-3H3,(H,21,22)(H,23,24). The van der Waals surface area contributed by atoms with Crippen molar-refractivity contribution in [3.8, 4) is 11.5 Å². The fourth-order valence-corrected chi connectivity index (χ4v) is 2.69. The number of anilines is 1. The van der Waals surface area contributed by atoms with Gasteiger partial charge in [0, 0.05) is 6.42 Å². The number of hydrogen-bond donors (Lipinski definition) is 2. The number of benzene rings is 2. The first-order valence-electron chi connectivity index (χ1n) is 8.30. The van der Waals surface area contributed by atoms with Crippen LogP contribution in [0.3, 0.4) is 0 Å². The molecule has 0 aliphatic carbocycles. The number of carbonyl (C=O) groups is 2. The zero-order chi connectivity index (χ0) is 19.1. The van der Waals surface area contributed by atoms with E-state index < -0.39 is 5.97 Å². The molecule has 1 atom stereocenters. The van der Waals surface area contributed by atoms with E-state index in [1.165, 1.54) is 31.9 Å². The van der Waals surface area contributed by atoms with Gasteiger partial charge in [0.15, 0.2) is 11.5 Å². The number of aromatic carboxylic acids is 1. The van der Waals surface area contributed by atoms with E-state index in [0.717, 1.165) is 0 Å². The third kappa shape index (κ3) is 4.75. The minimum absolute atomic E-state index is 0.00982. The van der Waals surface area contributed by atoms with Crippen molar-refractivity contribution in [2.75, 3.05) is 19.5 Å². The second-order valence-corrected chi connectivity index (χ2v) is 5.96. The molecule has 0 bridgehead atoms. The van der Waals surface area contributed by atoms with Gasteiger partial charge in [-0.3, -0.25) is 4.79 Å². The lowest BCUT2D eigenvalue weighted by atomic mass is 9.96. The fraction of sp³-hybridized carbons (Fsp3) is 0.300. The number of ether oxygens (including phenoxy) is 2. The molecule has 1 amide bonds. The number of hydrogen-bond acceptors (Lipinski definition) is 4. The Morgan fingerprint density at radius 3 is 2.38 bits per heavy atom. The maximum Gasteiger partial charge on any atom is 0.335 e. The summed E-state index contributed by atoms with van der Waals surface area (Å²) in [7, 11) is 2.85. The average Bonchev–Trinajstić information content (AvgIpc) is 2.65. The van der Waals surface area contributed by atoms with Crippen LogP contribution < -0.4 is 14.8 Å². The van der Waals surface area contributed by atoms with Crippen LogP contribution in [-0.2, 0) is 4.79 Å². The summed E-state index contributed by atoms with van der Waals surface area (Å²) in [6.45, 7) is 2.07. The van der Waals surface area contributed by atoms with Gasteiger partial charge in [0.05, 0.1) is 25.5 Å². The molecule has 0 spiro atoms. The summed E-state index contributed by atoms with van der Waals surface area (Å²) in [5.74, 6) is -0.541. The average molecular weight is 357 g/mol. The Labute approximate surface area is 152 Å². The number of carbonyl (C=O) groups excluding carboxylic acids is 1. The molecule has 0 saturated carbocycles. The normalized spacial score (nSPS) is 11.5. The van der Waals surface area contributed by atoms with E-state index in [2.05, 4.69) is 12.2 Å². The summed E-state index contributed by atoms with van der Waals surface area (Å²) >= 11 is 0. The molecule has 6 heteroatoms. The van der Waals surface area contributed by atoms with E-state index in [9.17, 15) is 14.7 Å². The Hall–Kier alpha value is -3.02. The zero-order valence-electron chi connectivity index (χ0n) is 15.1. The molecule has 0 heterocycles.